The fourth-order valence-corrected chi connectivity index (χ4v) is 17.3. The van der Waals surface area contributed by atoms with Crippen molar-refractivity contribution in [3.8, 4) is 0 Å². The van der Waals surface area contributed by atoms with Crippen molar-refractivity contribution in [2.24, 2.45) is 25.6 Å². The summed E-state index contributed by atoms with van der Waals surface area (Å²) < 4.78 is 15.0. The Morgan fingerprint density at radius 2 is 1.04 bits per heavy atom. The quantitative estimate of drug-likeness (QED) is 0.0763. The number of nitrogens with zero attached hydrogens (tertiary/aromatic N) is 17. The number of primary amides is 2. The standard InChI is InChI=1S/C38H43N11O7.C19H25N9O3.C18H17N3O5/c1-44-17-22(15-41-44)13-28-32(33(39)51)40-16-30(42-28)46-10-2-3-25(18-46)48-21-38(56-37(48)55)19-47(20-38)23-8-11-45(12-9-23)24-4-5-26-27(14-24)36(54)49(35(26)53)29-6-7-31(50)43-34(29)52;1-26-7-12(5-23-26)24-17-15(16(20)29)22-6-14(25-17)27-4-2-3-13(8-27)28-11-19(9-21-10-19)31-18(28)30;22-11-5-7-20(8-6-11)10-1-2-12-13(9-10)18(26)21(17(12)25)14-3-4-15(23)19-16(14)24/h4-5,14-17,23,25,29H,2-3,6-13,18-21H2,1H3,(H2,39,51)(H,43,50,52);5-7,13,21H,2-4,8-11H2,1H3,(H2,20,29)(H,24,25);1-2,9,14H,3-8H2,(H,19,23,24)/t25-,29?;13-;/m11./s1. The van der Waals surface area contributed by atoms with Crippen LogP contribution in [-0.2, 0) is 54.0 Å². The van der Waals surface area contributed by atoms with Gasteiger partial charge in [0.2, 0.25) is 23.6 Å². The lowest BCUT2D eigenvalue weighted by Gasteiger charge is -2.51. The molecule has 0 aliphatic carbocycles. The first kappa shape index (κ1) is 74.7. The molecule has 590 valence electrons. The molecule has 16 heterocycles. The molecule has 113 heavy (non-hydrogen) atoms. The number of nitrogens with two attached hydrogens (primary N) is 2. The van der Waals surface area contributed by atoms with Crippen molar-refractivity contribution >= 4 is 112 Å². The zero-order chi connectivity index (χ0) is 78.9. The van der Waals surface area contributed by atoms with Gasteiger partial charge in [0.05, 0.1) is 83.6 Å². The highest BCUT2D eigenvalue weighted by Crippen LogP contribution is 2.41. The van der Waals surface area contributed by atoms with Crippen molar-refractivity contribution in [2.45, 2.75) is 125 Å². The van der Waals surface area contributed by atoms with Gasteiger partial charge in [-0.1, -0.05) is 0 Å². The number of carbonyl (C=O) groups is 13. The van der Waals surface area contributed by atoms with Crippen molar-refractivity contribution in [3.63, 3.8) is 0 Å². The van der Waals surface area contributed by atoms with Gasteiger partial charge in [0.25, 0.3) is 35.4 Å². The molecule has 10 saturated heterocycles. The van der Waals surface area contributed by atoms with Crippen LogP contribution in [0.5, 0.6) is 0 Å². The Morgan fingerprint density at radius 1 is 0.531 bits per heavy atom. The highest BCUT2D eigenvalue weighted by Gasteiger charge is 2.57. The first-order valence-electron chi connectivity index (χ1n) is 38.1. The molecule has 2 unspecified atom stereocenters. The number of likely N-dealkylation sites (tertiary alicyclic amines) is 1. The Morgan fingerprint density at radius 3 is 1.53 bits per heavy atom. The van der Waals surface area contributed by atoms with Crippen molar-refractivity contribution < 1.29 is 71.8 Å². The molecule has 0 bridgehead atoms. The summed E-state index contributed by atoms with van der Waals surface area (Å²) in [4.78, 5) is 195. The Bertz CT molecular complexity index is 4940. The molecule has 18 rings (SSSR count). The lowest BCUT2D eigenvalue weighted by molar-refractivity contribution is -0.137. The van der Waals surface area contributed by atoms with Crippen LogP contribution in [0, 0.1) is 0 Å². The number of carbonyl (C=O) groups excluding carboxylic acids is 13. The number of aromatic nitrogens is 8. The summed E-state index contributed by atoms with van der Waals surface area (Å²) in [6, 6.07) is 8.58. The lowest BCUT2D eigenvalue weighted by atomic mass is 9.88. The number of hydrogen-bond acceptors (Lipinski definition) is 28. The molecule has 4 atom stereocenters. The van der Waals surface area contributed by atoms with Gasteiger partial charge in [-0.15, -0.1) is 0 Å². The Labute approximate surface area is 646 Å². The van der Waals surface area contributed by atoms with Crippen LogP contribution >= 0.6 is 0 Å². The highest BCUT2D eigenvalue weighted by molar-refractivity contribution is 6.25. The highest BCUT2D eigenvalue weighted by atomic mass is 16.6. The second-order valence-corrected chi connectivity index (χ2v) is 30.9. The predicted octanol–water partition coefficient (Wildman–Crippen LogP) is 0.518. The average molecular weight is 1550 g/mol. The molecule has 38 heteroatoms. The van der Waals surface area contributed by atoms with Gasteiger partial charge in [-0.05, 0) is 93.3 Å². The van der Waals surface area contributed by atoms with Gasteiger partial charge in [-0.2, -0.15) is 10.2 Å². The molecule has 2 spiro atoms. The number of benzene rings is 2. The second-order valence-electron chi connectivity index (χ2n) is 30.9. The molecule has 12 aliphatic rings. The average Bonchev–Trinajstić information content (AvgIpc) is 1.63. The number of nitrogens with one attached hydrogen (secondary N) is 4. The third-order valence-corrected chi connectivity index (χ3v) is 23.2. The molecule has 4 aromatic heterocycles. The van der Waals surface area contributed by atoms with Gasteiger partial charge in [0.15, 0.2) is 22.7 Å². The van der Waals surface area contributed by atoms with E-state index in [0.29, 0.717) is 114 Å². The first-order valence-corrected chi connectivity index (χ1v) is 38.1. The SMILES string of the molecule is Cn1cc(Cc2nc(N3CCC[C@@H](N4CC5(CN(C6CCN(c7ccc8c(c7)C(=O)N(C7CCC(=O)NC7=O)C8=O)CC6)C5)OC4=O)C3)cnc2C(N)=O)cn1.Cn1cc(Nc2nc(N3CCC[C@@H](N4CC5(CNC5)OC4=O)C3)cnc2C(N)=O)cn1.O=C1CCN(c2ccc3c(c2)C(=O)N(C2CCC(=O)NC2=O)C3=O)CC1. The maximum Gasteiger partial charge on any atom is 0.410 e. The Balaban J connectivity index is 0.000000142. The zero-order valence-electron chi connectivity index (χ0n) is 62.3. The number of Topliss-reactive ketones (excluding diaryl/α,β-unsaturated/α-hetero) is 1. The van der Waals surface area contributed by atoms with Gasteiger partial charge in [0.1, 0.15) is 35.2 Å². The van der Waals surface area contributed by atoms with Gasteiger partial charge in [-0.3, -0.25) is 97.2 Å². The largest absolute Gasteiger partial charge is 0.438 e. The number of piperidine rings is 6. The maximum absolute atomic E-state index is 13.4. The Hall–Kier alpha value is -12.4. The van der Waals surface area contributed by atoms with Gasteiger partial charge in [-0.25, -0.2) is 29.5 Å². The van der Waals surface area contributed by atoms with E-state index in [1.54, 1.807) is 77.7 Å². The topological polar surface area (TPSA) is 457 Å². The van der Waals surface area contributed by atoms with E-state index >= 15 is 0 Å². The minimum Gasteiger partial charge on any atom is -0.438 e. The van der Waals surface area contributed by atoms with E-state index in [9.17, 15) is 62.3 Å². The molecule has 6 aromatic rings. The fourth-order valence-electron chi connectivity index (χ4n) is 17.3. The summed E-state index contributed by atoms with van der Waals surface area (Å²) in [6.45, 7) is 9.26. The number of ketones is 1. The number of rotatable bonds is 15. The van der Waals surface area contributed by atoms with Gasteiger partial charge >= 0.3 is 12.2 Å². The van der Waals surface area contributed by atoms with E-state index < -0.39 is 76.8 Å². The number of aryl methyl sites for hydroxylation is 2. The first-order chi connectivity index (χ1) is 54.3. The molecule has 0 radical (unpaired) electrons. The summed E-state index contributed by atoms with van der Waals surface area (Å²) in [5, 5.41) is 19.0. The van der Waals surface area contributed by atoms with Crippen molar-refractivity contribution in [2.75, 3.05) is 117 Å². The van der Waals surface area contributed by atoms with E-state index in [2.05, 4.69) is 66.0 Å². The third-order valence-electron chi connectivity index (χ3n) is 23.2. The van der Waals surface area contributed by atoms with Crippen LogP contribution in [-0.4, -0.2) is 274 Å². The fraction of sp³-hybridized carbons (Fsp3) is 0.480. The van der Waals surface area contributed by atoms with E-state index in [-0.39, 0.29) is 101 Å². The summed E-state index contributed by atoms with van der Waals surface area (Å²) in [6.07, 6.45) is 16.6. The Kier molecular flexibility index (Phi) is 19.9. The minimum atomic E-state index is -0.997. The second kappa shape index (κ2) is 30.0. The smallest absolute Gasteiger partial charge is 0.410 e. The van der Waals surface area contributed by atoms with Crippen molar-refractivity contribution in [1.29, 1.82) is 0 Å². The maximum atomic E-state index is 13.4. The minimum absolute atomic E-state index is 0.0357. The lowest BCUT2D eigenvalue weighted by Crippen LogP contribution is -2.67. The van der Waals surface area contributed by atoms with Crippen molar-refractivity contribution in [3.05, 3.63) is 118 Å². The molecule has 12 amide bonds. The van der Waals surface area contributed by atoms with Crippen LogP contribution in [0.2, 0.25) is 0 Å². The van der Waals surface area contributed by atoms with Crippen molar-refractivity contribution in [1.82, 2.24) is 79.9 Å². The predicted molar refractivity (Wildman–Crippen MR) is 398 cm³/mol. The number of anilines is 6. The van der Waals surface area contributed by atoms with Crippen LogP contribution < -0.4 is 52.3 Å². The summed E-state index contributed by atoms with van der Waals surface area (Å²) in [5.74, 6) is -3.66. The molecule has 12 aliphatic heterocycles. The molecule has 0 saturated carbocycles. The number of amides is 12. The van der Waals surface area contributed by atoms with E-state index in [1.807, 2.05) is 34.0 Å². The van der Waals surface area contributed by atoms with Crippen LogP contribution in [0.25, 0.3) is 0 Å². The molecule has 2 aromatic carbocycles. The van der Waals surface area contributed by atoms with Crippen LogP contribution in [0.1, 0.15) is 151 Å². The van der Waals surface area contributed by atoms with E-state index in [0.717, 1.165) is 91.4 Å². The molecule has 8 N–H and O–H groups in total. The molecular weight excluding hydrogens is 1460 g/mol. The molecular formula is C75H85N23O15. The number of ether oxygens (including phenoxy) is 2. The summed E-state index contributed by atoms with van der Waals surface area (Å²) in [5.41, 5.74) is 15.1. The van der Waals surface area contributed by atoms with Gasteiger partial charge in [0, 0.05) is 155 Å². The van der Waals surface area contributed by atoms with Gasteiger partial charge < -0.3 is 51.2 Å². The zero-order valence-corrected chi connectivity index (χ0v) is 62.3. The summed E-state index contributed by atoms with van der Waals surface area (Å²) >= 11 is 0. The molecule has 38 nitrogen and oxygen atoms in total. The number of fused-ring (bicyclic) bond motifs is 2. The van der Waals surface area contributed by atoms with Crippen LogP contribution in [0.4, 0.5) is 44.1 Å². The molecule has 10 fully saturated rings. The van der Waals surface area contributed by atoms with Crippen LogP contribution in [0.15, 0.2) is 73.6 Å². The van der Waals surface area contributed by atoms with E-state index in [4.69, 9.17) is 25.9 Å². The van der Waals surface area contributed by atoms with E-state index in [1.165, 1.54) is 0 Å². The number of imide groups is 4. The monoisotopic (exact) mass is 1550 g/mol. The number of hydrogen-bond donors (Lipinski definition) is 6. The third kappa shape index (κ3) is 14.8. The summed E-state index contributed by atoms with van der Waals surface area (Å²) in [7, 11) is 3.62. The van der Waals surface area contributed by atoms with Crippen LogP contribution in [0.3, 0.4) is 0 Å². The normalized spacial score (nSPS) is 23.5.